The Morgan fingerprint density at radius 2 is 1.67 bits per heavy atom. The van der Waals surface area contributed by atoms with Crippen LogP contribution in [0.3, 0.4) is 0 Å². The lowest BCUT2D eigenvalue weighted by Gasteiger charge is -1.99. The molecule has 4 aromatic rings. The Bertz CT molecular complexity index is 1100. The van der Waals surface area contributed by atoms with Gasteiger partial charge in [0.2, 0.25) is 5.89 Å². The number of thioether (sulfide) groups is 1. The normalized spacial score (nSPS) is 10.6. The van der Waals surface area contributed by atoms with E-state index in [1.54, 1.807) is 11.8 Å². The molecular formula is C20H14N4OS2. The average Bonchev–Trinajstić information content (AvgIpc) is 3.32. The SMILES string of the molecule is N#Cc1c(SCc2ccccc2)sc(-c2nnc(-c3ccccc3)o2)c1N. The summed E-state index contributed by atoms with van der Waals surface area (Å²) in [5, 5.41) is 17.8. The van der Waals surface area contributed by atoms with Gasteiger partial charge < -0.3 is 10.2 Å². The summed E-state index contributed by atoms with van der Waals surface area (Å²) >= 11 is 2.99. The van der Waals surface area contributed by atoms with E-state index in [9.17, 15) is 5.26 Å². The van der Waals surface area contributed by atoms with Crippen LogP contribution in [0, 0.1) is 11.3 Å². The van der Waals surface area contributed by atoms with Crippen molar-refractivity contribution in [2.45, 2.75) is 9.96 Å². The van der Waals surface area contributed by atoms with Crippen molar-refractivity contribution >= 4 is 28.8 Å². The molecule has 0 atom stereocenters. The molecule has 0 aliphatic rings. The summed E-state index contributed by atoms with van der Waals surface area (Å²) < 4.78 is 6.66. The highest BCUT2D eigenvalue weighted by atomic mass is 32.2. The third-order valence-corrected chi connectivity index (χ3v) is 6.41. The molecule has 0 saturated heterocycles. The largest absolute Gasteiger partial charge is 0.415 e. The van der Waals surface area contributed by atoms with Crippen LogP contribution in [0.2, 0.25) is 0 Å². The van der Waals surface area contributed by atoms with Crippen molar-refractivity contribution in [3.63, 3.8) is 0 Å². The van der Waals surface area contributed by atoms with E-state index in [1.165, 1.54) is 16.9 Å². The number of nitriles is 1. The Morgan fingerprint density at radius 1 is 1.00 bits per heavy atom. The molecule has 2 heterocycles. The Hall–Kier alpha value is -3.08. The van der Waals surface area contributed by atoms with Gasteiger partial charge in [0.15, 0.2) is 0 Å². The zero-order valence-corrected chi connectivity index (χ0v) is 15.8. The second kappa shape index (κ2) is 7.66. The first-order valence-corrected chi connectivity index (χ1v) is 9.95. The fourth-order valence-electron chi connectivity index (χ4n) is 2.52. The molecule has 5 nitrogen and oxygen atoms in total. The quantitative estimate of drug-likeness (QED) is 0.471. The molecule has 0 bridgehead atoms. The van der Waals surface area contributed by atoms with Gasteiger partial charge >= 0.3 is 0 Å². The molecule has 2 aromatic carbocycles. The number of aromatic nitrogens is 2. The second-order valence-corrected chi connectivity index (χ2v) is 7.94. The molecule has 4 rings (SSSR count). The standard InChI is InChI=1S/C20H14N4OS2/c21-11-15-16(22)17(27-20(15)26-12-13-7-3-1-4-8-13)19-24-23-18(25-19)14-9-5-2-6-10-14/h1-10H,12,22H2. The van der Waals surface area contributed by atoms with Crippen molar-refractivity contribution in [3.8, 4) is 28.3 Å². The van der Waals surface area contributed by atoms with Gasteiger partial charge in [-0.05, 0) is 17.7 Å². The van der Waals surface area contributed by atoms with Crippen molar-refractivity contribution in [1.82, 2.24) is 10.2 Å². The molecule has 0 radical (unpaired) electrons. The fraction of sp³-hybridized carbons (Fsp3) is 0.0500. The number of hydrogen-bond donors (Lipinski definition) is 1. The Kier molecular flexibility index (Phi) is 4.92. The van der Waals surface area contributed by atoms with Crippen LogP contribution >= 0.6 is 23.1 Å². The summed E-state index contributed by atoms with van der Waals surface area (Å²) in [5.74, 6) is 1.52. The first-order chi connectivity index (χ1) is 13.3. The summed E-state index contributed by atoms with van der Waals surface area (Å²) in [6, 6.07) is 21.8. The maximum absolute atomic E-state index is 9.54. The highest BCUT2D eigenvalue weighted by molar-refractivity contribution is 8.00. The highest BCUT2D eigenvalue weighted by Crippen LogP contribution is 2.44. The average molecular weight is 390 g/mol. The van der Waals surface area contributed by atoms with Gasteiger partial charge in [0.1, 0.15) is 16.5 Å². The fourth-order valence-corrected chi connectivity index (χ4v) is 4.80. The number of rotatable bonds is 5. The molecule has 0 spiro atoms. The maximum atomic E-state index is 9.54. The lowest BCUT2D eigenvalue weighted by Crippen LogP contribution is -1.89. The van der Waals surface area contributed by atoms with Gasteiger partial charge in [-0.3, -0.25) is 0 Å². The Morgan fingerprint density at radius 3 is 2.37 bits per heavy atom. The minimum atomic E-state index is 0.333. The van der Waals surface area contributed by atoms with E-state index in [0.29, 0.717) is 27.9 Å². The predicted molar refractivity (Wildman–Crippen MR) is 108 cm³/mol. The molecule has 0 aliphatic carbocycles. The Balaban J connectivity index is 1.63. The smallest absolute Gasteiger partial charge is 0.260 e. The molecule has 0 saturated carbocycles. The minimum Gasteiger partial charge on any atom is -0.415 e. The number of anilines is 1. The molecule has 0 unspecified atom stereocenters. The zero-order chi connectivity index (χ0) is 18.6. The highest BCUT2D eigenvalue weighted by Gasteiger charge is 2.22. The lowest BCUT2D eigenvalue weighted by atomic mass is 10.2. The second-order valence-electron chi connectivity index (χ2n) is 5.67. The first-order valence-electron chi connectivity index (χ1n) is 8.14. The van der Waals surface area contributed by atoms with Crippen LogP contribution in [-0.2, 0) is 5.75 Å². The molecule has 0 fully saturated rings. The maximum Gasteiger partial charge on any atom is 0.260 e. The van der Waals surface area contributed by atoms with Gasteiger partial charge in [-0.25, -0.2) is 0 Å². The van der Waals surface area contributed by atoms with Crippen molar-refractivity contribution in [1.29, 1.82) is 5.26 Å². The van der Waals surface area contributed by atoms with Crippen molar-refractivity contribution in [2.75, 3.05) is 5.73 Å². The van der Waals surface area contributed by atoms with Gasteiger partial charge in [0.05, 0.1) is 9.90 Å². The van der Waals surface area contributed by atoms with E-state index in [1.807, 2.05) is 48.5 Å². The molecule has 7 heteroatoms. The number of benzene rings is 2. The molecule has 132 valence electrons. The molecule has 0 aliphatic heterocycles. The van der Waals surface area contributed by atoms with Gasteiger partial charge in [0.25, 0.3) is 5.89 Å². The number of nitrogens with two attached hydrogens (primary N) is 1. The van der Waals surface area contributed by atoms with Crippen molar-refractivity contribution in [2.24, 2.45) is 0 Å². The van der Waals surface area contributed by atoms with Gasteiger partial charge in [0, 0.05) is 11.3 Å². The van der Waals surface area contributed by atoms with E-state index in [2.05, 4.69) is 28.4 Å². The monoisotopic (exact) mass is 390 g/mol. The van der Waals surface area contributed by atoms with Crippen LogP contribution in [0.25, 0.3) is 22.2 Å². The van der Waals surface area contributed by atoms with Crippen LogP contribution in [-0.4, -0.2) is 10.2 Å². The first kappa shape index (κ1) is 17.3. The van der Waals surface area contributed by atoms with Crippen LogP contribution in [0.5, 0.6) is 0 Å². The molecular weight excluding hydrogens is 376 g/mol. The van der Waals surface area contributed by atoms with Crippen molar-refractivity contribution < 1.29 is 4.42 Å². The summed E-state index contributed by atoms with van der Waals surface area (Å²) in [7, 11) is 0. The number of nitrogen functional groups attached to an aromatic ring is 1. The van der Waals surface area contributed by atoms with Crippen LogP contribution in [0.4, 0.5) is 5.69 Å². The van der Waals surface area contributed by atoms with Crippen LogP contribution in [0.1, 0.15) is 11.1 Å². The van der Waals surface area contributed by atoms with Crippen LogP contribution in [0.15, 0.2) is 69.3 Å². The third kappa shape index (κ3) is 3.58. The topological polar surface area (TPSA) is 88.7 Å². The van der Waals surface area contributed by atoms with Crippen molar-refractivity contribution in [3.05, 3.63) is 71.8 Å². The van der Waals surface area contributed by atoms with E-state index in [-0.39, 0.29) is 0 Å². The number of thiophene rings is 1. The van der Waals surface area contributed by atoms with E-state index >= 15 is 0 Å². The van der Waals surface area contributed by atoms with E-state index < -0.39 is 0 Å². The predicted octanol–water partition coefficient (Wildman–Crippen LogP) is 5.21. The summed E-state index contributed by atoms with van der Waals surface area (Å²) in [5.41, 5.74) is 9.09. The number of nitrogens with zero attached hydrogens (tertiary/aromatic N) is 3. The van der Waals surface area contributed by atoms with Gasteiger partial charge in [-0.2, -0.15) is 5.26 Å². The minimum absolute atomic E-state index is 0.333. The Labute approximate surface area is 164 Å². The van der Waals surface area contributed by atoms with E-state index in [4.69, 9.17) is 10.2 Å². The molecule has 2 aromatic heterocycles. The summed E-state index contributed by atoms with van der Waals surface area (Å²) in [4.78, 5) is 0.636. The van der Waals surface area contributed by atoms with Gasteiger partial charge in [-0.1, -0.05) is 48.5 Å². The zero-order valence-electron chi connectivity index (χ0n) is 14.1. The summed E-state index contributed by atoms with van der Waals surface area (Å²) in [6.45, 7) is 0. The van der Waals surface area contributed by atoms with Crippen LogP contribution < -0.4 is 5.73 Å². The lowest BCUT2D eigenvalue weighted by molar-refractivity contribution is 0.586. The van der Waals surface area contributed by atoms with E-state index in [0.717, 1.165) is 15.5 Å². The molecule has 2 N–H and O–H groups in total. The van der Waals surface area contributed by atoms with Gasteiger partial charge in [-0.15, -0.1) is 33.3 Å². The number of hydrogen-bond acceptors (Lipinski definition) is 7. The third-order valence-electron chi connectivity index (χ3n) is 3.88. The molecule has 0 amide bonds. The summed E-state index contributed by atoms with van der Waals surface area (Å²) in [6.07, 6.45) is 0. The molecule has 27 heavy (non-hydrogen) atoms.